The van der Waals surface area contributed by atoms with Crippen LogP contribution < -0.4 is 5.32 Å². The lowest BCUT2D eigenvalue weighted by Gasteiger charge is -2.18. The van der Waals surface area contributed by atoms with Crippen LogP contribution in [0.4, 0.5) is 13.2 Å². The number of benzene rings is 1. The summed E-state index contributed by atoms with van der Waals surface area (Å²) in [4.78, 5) is 11.9. The van der Waals surface area contributed by atoms with E-state index >= 15 is 0 Å². The molecule has 0 aromatic heterocycles. The molecule has 1 N–H and O–H groups in total. The Morgan fingerprint density at radius 3 is 2.53 bits per heavy atom. The Balaban J connectivity index is 2.11. The van der Waals surface area contributed by atoms with E-state index < -0.39 is 28.9 Å². The van der Waals surface area contributed by atoms with Crippen LogP contribution in [0.2, 0.25) is 0 Å². The third-order valence-corrected chi connectivity index (χ3v) is 3.58. The standard InChI is InChI=1S/C14H16F3NO/c1-14(2)6-5-8(7-14)18-13(19)9-3-4-10(15)12(17)11(9)16/h3-4,8H,5-7H2,1-2H3,(H,18,19). The summed E-state index contributed by atoms with van der Waals surface area (Å²) < 4.78 is 39.3. The maximum absolute atomic E-state index is 13.5. The Morgan fingerprint density at radius 1 is 1.26 bits per heavy atom. The maximum Gasteiger partial charge on any atom is 0.254 e. The third kappa shape index (κ3) is 2.91. The van der Waals surface area contributed by atoms with Crippen LogP contribution in [0, 0.1) is 22.9 Å². The van der Waals surface area contributed by atoms with Gasteiger partial charge in [-0.1, -0.05) is 13.8 Å². The van der Waals surface area contributed by atoms with Crippen LogP contribution in [0.3, 0.4) is 0 Å². The maximum atomic E-state index is 13.5. The number of hydrogen-bond acceptors (Lipinski definition) is 1. The van der Waals surface area contributed by atoms with Gasteiger partial charge in [-0.15, -0.1) is 0 Å². The Labute approximate surface area is 110 Å². The second-order valence-corrected chi connectivity index (χ2v) is 5.80. The lowest BCUT2D eigenvalue weighted by Crippen LogP contribution is -2.34. The van der Waals surface area contributed by atoms with E-state index in [9.17, 15) is 18.0 Å². The molecule has 1 fully saturated rings. The summed E-state index contributed by atoms with van der Waals surface area (Å²) in [6.07, 6.45) is 2.58. The average molecular weight is 271 g/mol. The van der Waals surface area contributed by atoms with Gasteiger partial charge in [0.1, 0.15) is 0 Å². The van der Waals surface area contributed by atoms with Gasteiger partial charge in [-0.2, -0.15) is 0 Å². The topological polar surface area (TPSA) is 29.1 Å². The van der Waals surface area contributed by atoms with Crippen LogP contribution in [0.1, 0.15) is 43.5 Å². The molecule has 2 rings (SSSR count). The molecule has 0 heterocycles. The van der Waals surface area contributed by atoms with Crippen molar-refractivity contribution in [2.75, 3.05) is 0 Å². The molecular weight excluding hydrogens is 255 g/mol. The zero-order chi connectivity index (χ0) is 14.2. The molecule has 0 bridgehead atoms. The summed E-state index contributed by atoms with van der Waals surface area (Å²) >= 11 is 0. The molecule has 1 amide bonds. The molecule has 1 unspecified atom stereocenters. The summed E-state index contributed by atoms with van der Waals surface area (Å²) in [5.41, 5.74) is -0.312. The molecule has 0 radical (unpaired) electrons. The van der Waals surface area contributed by atoms with E-state index in [2.05, 4.69) is 19.2 Å². The van der Waals surface area contributed by atoms with E-state index in [1.54, 1.807) is 0 Å². The summed E-state index contributed by atoms with van der Waals surface area (Å²) in [5.74, 6) is -5.04. The highest BCUT2D eigenvalue weighted by Crippen LogP contribution is 2.37. The fraction of sp³-hybridized carbons (Fsp3) is 0.500. The summed E-state index contributed by atoms with van der Waals surface area (Å²) in [6.45, 7) is 4.19. The van der Waals surface area contributed by atoms with Crippen molar-refractivity contribution in [1.82, 2.24) is 5.32 Å². The zero-order valence-electron chi connectivity index (χ0n) is 10.9. The van der Waals surface area contributed by atoms with Crippen LogP contribution in [-0.4, -0.2) is 11.9 Å². The minimum atomic E-state index is -1.61. The van der Waals surface area contributed by atoms with Gasteiger partial charge in [-0.05, 0) is 36.8 Å². The number of carbonyl (C=O) groups excluding carboxylic acids is 1. The number of rotatable bonds is 2. The summed E-state index contributed by atoms with van der Waals surface area (Å²) in [6, 6.07) is 1.67. The van der Waals surface area contributed by atoms with Crippen LogP contribution in [-0.2, 0) is 0 Å². The number of halogens is 3. The molecule has 0 aliphatic heterocycles. The third-order valence-electron chi connectivity index (χ3n) is 3.58. The van der Waals surface area contributed by atoms with Crippen molar-refractivity contribution in [3.8, 4) is 0 Å². The van der Waals surface area contributed by atoms with Crippen LogP contribution in [0.25, 0.3) is 0 Å². The van der Waals surface area contributed by atoms with E-state index in [1.165, 1.54) is 0 Å². The number of amides is 1. The second kappa shape index (κ2) is 4.87. The van der Waals surface area contributed by atoms with Gasteiger partial charge < -0.3 is 5.32 Å². The normalized spacial score (nSPS) is 21.4. The minimum Gasteiger partial charge on any atom is -0.349 e. The van der Waals surface area contributed by atoms with Gasteiger partial charge in [0, 0.05) is 6.04 Å². The minimum absolute atomic E-state index is 0.0463. The van der Waals surface area contributed by atoms with Crippen molar-refractivity contribution >= 4 is 5.91 Å². The lowest BCUT2D eigenvalue weighted by atomic mass is 9.92. The molecule has 1 aromatic carbocycles. The fourth-order valence-corrected chi connectivity index (χ4v) is 2.52. The van der Waals surface area contributed by atoms with Crippen molar-refractivity contribution in [3.63, 3.8) is 0 Å². The van der Waals surface area contributed by atoms with Gasteiger partial charge in [0.05, 0.1) is 5.56 Å². The SMILES string of the molecule is CC1(C)CCC(NC(=O)c2ccc(F)c(F)c2F)C1. The van der Waals surface area contributed by atoms with Crippen molar-refractivity contribution in [2.45, 2.75) is 39.2 Å². The average Bonchev–Trinajstić information content (AvgIpc) is 2.65. The quantitative estimate of drug-likeness (QED) is 0.820. The first-order chi connectivity index (χ1) is 8.80. The van der Waals surface area contributed by atoms with Gasteiger partial charge in [-0.3, -0.25) is 4.79 Å². The van der Waals surface area contributed by atoms with Crippen LogP contribution >= 0.6 is 0 Å². The van der Waals surface area contributed by atoms with Crippen molar-refractivity contribution in [1.29, 1.82) is 0 Å². The number of hydrogen-bond donors (Lipinski definition) is 1. The zero-order valence-corrected chi connectivity index (χ0v) is 10.9. The highest BCUT2D eigenvalue weighted by molar-refractivity contribution is 5.94. The first-order valence-corrected chi connectivity index (χ1v) is 6.24. The van der Waals surface area contributed by atoms with E-state index in [0.29, 0.717) is 0 Å². The molecule has 2 nitrogen and oxygen atoms in total. The van der Waals surface area contributed by atoms with Gasteiger partial charge in [-0.25, -0.2) is 13.2 Å². The molecule has 1 aliphatic rings. The summed E-state index contributed by atoms with van der Waals surface area (Å²) in [7, 11) is 0. The van der Waals surface area contributed by atoms with E-state index in [1.807, 2.05) is 0 Å². The molecule has 1 atom stereocenters. The highest BCUT2D eigenvalue weighted by Gasteiger charge is 2.32. The van der Waals surface area contributed by atoms with Gasteiger partial charge in [0.2, 0.25) is 0 Å². The van der Waals surface area contributed by atoms with Crippen molar-refractivity contribution in [2.24, 2.45) is 5.41 Å². The predicted octanol–water partition coefficient (Wildman–Crippen LogP) is 3.41. The van der Waals surface area contributed by atoms with Crippen LogP contribution in [0.5, 0.6) is 0 Å². The molecule has 0 spiro atoms. The van der Waals surface area contributed by atoms with Gasteiger partial charge in [0.15, 0.2) is 17.5 Å². The van der Waals surface area contributed by atoms with E-state index in [0.717, 1.165) is 31.4 Å². The van der Waals surface area contributed by atoms with Gasteiger partial charge in [0.25, 0.3) is 5.91 Å². The smallest absolute Gasteiger partial charge is 0.254 e. The molecule has 1 aliphatic carbocycles. The van der Waals surface area contributed by atoms with Crippen molar-refractivity contribution in [3.05, 3.63) is 35.1 Å². The first kappa shape index (κ1) is 13.9. The molecule has 19 heavy (non-hydrogen) atoms. The van der Waals surface area contributed by atoms with Crippen molar-refractivity contribution < 1.29 is 18.0 Å². The number of carbonyl (C=O) groups is 1. The van der Waals surface area contributed by atoms with Crippen LogP contribution in [0.15, 0.2) is 12.1 Å². The van der Waals surface area contributed by atoms with E-state index in [4.69, 9.17) is 0 Å². The Hall–Kier alpha value is -1.52. The van der Waals surface area contributed by atoms with Gasteiger partial charge >= 0.3 is 0 Å². The molecule has 0 saturated heterocycles. The largest absolute Gasteiger partial charge is 0.349 e. The van der Waals surface area contributed by atoms with E-state index in [-0.39, 0.29) is 11.5 Å². The Bertz CT molecular complexity index is 514. The molecule has 104 valence electrons. The lowest BCUT2D eigenvalue weighted by molar-refractivity contribution is 0.0930. The first-order valence-electron chi connectivity index (χ1n) is 6.24. The Morgan fingerprint density at radius 2 is 1.95 bits per heavy atom. The molecule has 1 saturated carbocycles. The fourth-order valence-electron chi connectivity index (χ4n) is 2.52. The predicted molar refractivity (Wildman–Crippen MR) is 65.2 cm³/mol. The Kier molecular flexibility index (Phi) is 3.56. The molecule has 5 heteroatoms. The summed E-state index contributed by atoms with van der Waals surface area (Å²) in [5, 5.41) is 2.67. The monoisotopic (exact) mass is 271 g/mol. The number of nitrogens with one attached hydrogen (secondary N) is 1. The molecular formula is C14H16F3NO. The highest BCUT2D eigenvalue weighted by atomic mass is 19.2. The molecule has 1 aromatic rings. The second-order valence-electron chi connectivity index (χ2n) is 5.80.